The lowest BCUT2D eigenvalue weighted by atomic mass is 10.0. The molecule has 0 aromatic heterocycles. The molecule has 2 rings (SSSR count). The van der Waals surface area contributed by atoms with E-state index in [4.69, 9.17) is 4.74 Å². The molecule has 2 aromatic carbocycles. The summed E-state index contributed by atoms with van der Waals surface area (Å²) in [4.78, 5) is 0. The van der Waals surface area contributed by atoms with Crippen molar-refractivity contribution in [2.45, 2.75) is 20.0 Å². The Balaban J connectivity index is 2.20. The third kappa shape index (κ3) is 2.95. The average Bonchev–Trinajstić information content (AvgIpc) is 2.40. The van der Waals surface area contributed by atoms with Gasteiger partial charge in [-0.2, -0.15) is 0 Å². The maximum atomic E-state index is 5.10. The standard InChI is InChI=1S/C16H18O/c1-3-13-4-8-15(9-5-13)16-10-6-14(7-11-16)12-17-2/h4-11H,3,12H2,1-2H3. The second-order valence-corrected chi connectivity index (χ2v) is 4.18. The Morgan fingerprint density at radius 3 is 1.65 bits per heavy atom. The Morgan fingerprint density at radius 2 is 1.24 bits per heavy atom. The van der Waals surface area contributed by atoms with Crippen LogP contribution in [-0.2, 0) is 17.8 Å². The second-order valence-electron chi connectivity index (χ2n) is 4.18. The van der Waals surface area contributed by atoms with Crippen molar-refractivity contribution in [3.63, 3.8) is 0 Å². The fraction of sp³-hybridized carbons (Fsp3) is 0.250. The van der Waals surface area contributed by atoms with Gasteiger partial charge in [0.1, 0.15) is 0 Å². The molecule has 0 saturated carbocycles. The van der Waals surface area contributed by atoms with E-state index in [1.807, 2.05) is 0 Å². The van der Waals surface area contributed by atoms with Crippen LogP contribution in [0.3, 0.4) is 0 Å². The molecule has 0 amide bonds. The second kappa shape index (κ2) is 5.65. The SMILES string of the molecule is CCc1ccc(-c2ccc(COC)cc2)cc1. The van der Waals surface area contributed by atoms with E-state index in [-0.39, 0.29) is 0 Å². The molecule has 0 aliphatic carbocycles. The van der Waals surface area contributed by atoms with Crippen molar-refractivity contribution in [3.05, 3.63) is 59.7 Å². The molecule has 0 bridgehead atoms. The quantitative estimate of drug-likeness (QED) is 0.763. The molecule has 0 spiro atoms. The van der Waals surface area contributed by atoms with Crippen molar-refractivity contribution in [1.29, 1.82) is 0 Å². The first-order valence-corrected chi connectivity index (χ1v) is 6.00. The van der Waals surface area contributed by atoms with Crippen molar-refractivity contribution in [1.82, 2.24) is 0 Å². The number of hydrogen-bond donors (Lipinski definition) is 0. The average molecular weight is 226 g/mol. The minimum absolute atomic E-state index is 0.676. The summed E-state index contributed by atoms with van der Waals surface area (Å²) in [5.74, 6) is 0. The van der Waals surface area contributed by atoms with Gasteiger partial charge in [0.2, 0.25) is 0 Å². The zero-order valence-electron chi connectivity index (χ0n) is 10.4. The summed E-state index contributed by atoms with van der Waals surface area (Å²) < 4.78 is 5.10. The predicted molar refractivity (Wildman–Crippen MR) is 72.0 cm³/mol. The zero-order valence-corrected chi connectivity index (χ0v) is 10.4. The molecule has 1 heteroatoms. The molecule has 0 heterocycles. The molecule has 0 radical (unpaired) electrons. The first-order chi connectivity index (χ1) is 8.33. The van der Waals surface area contributed by atoms with Gasteiger partial charge < -0.3 is 4.74 Å². The van der Waals surface area contributed by atoms with Gasteiger partial charge in [-0.05, 0) is 28.7 Å². The maximum absolute atomic E-state index is 5.10. The zero-order chi connectivity index (χ0) is 12.1. The largest absolute Gasteiger partial charge is 0.380 e. The maximum Gasteiger partial charge on any atom is 0.0713 e. The van der Waals surface area contributed by atoms with Crippen molar-refractivity contribution < 1.29 is 4.74 Å². The first-order valence-electron chi connectivity index (χ1n) is 6.00. The molecule has 17 heavy (non-hydrogen) atoms. The van der Waals surface area contributed by atoms with Crippen LogP contribution >= 0.6 is 0 Å². The van der Waals surface area contributed by atoms with Gasteiger partial charge in [-0.1, -0.05) is 55.5 Å². The summed E-state index contributed by atoms with van der Waals surface area (Å²) >= 11 is 0. The van der Waals surface area contributed by atoms with Crippen molar-refractivity contribution >= 4 is 0 Å². The van der Waals surface area contributed by atoms with Crippen LogP contribution in [0, 0.1) is 0 Å². The monoisotopic (exact) mass is 226 g/mol. The van der Waals surface area contributed by atoms with Crippen molar-refractivity contribution in [2.75, 3.05) is 7.11 Å². The van der Waals surface area contributed by atoms with E-state index in [1.165, 1.54) is 22.3 Å². The highest BCUT2D eigenvalue weighted by Crippen LogP contribution is 2.20. The van der Waals surface area contributed by atoms with E-state index >= 15 is 0 Å². The molecule has 0 N–H and O–H groups in total. The molecule has 0 atom stereocenters. The molecular weight excluding hydrogens is 208 g/mol. The smallest absolute Gasteiger partial charge is 0.0713 e. The summed E-state index contributed by atoms with van der Waals surface area (Å²) in [5, 5.41) is 0. The fourth-order valence-electron chi connectivity index (χ4n) is 1.89. The summed E-state index contributed by atoms with van der Waals surface area (Å²) in [5.41, 5.74) is 5.12. The van der Waals surface area contributed by atoms with Crippen molar-refractivity contribution in [3.8, 4) is 11.1 Å². The molecule has 0 aliphatic rings. The van der Waals surface area contributed by atoms with E-state index < -0.39 is 0 Å². The third-order valence-corrected chi connectivity index (χ3v) is 2.96. The highest BCUT2D eigenvalue weighted by atomic mass is 16.5. The normalized spacial score (nSPS) is 10.5. The first kappa shape index (κ1) is 11.9. The lowest BCUT2D eigenvalue weighted by Gasteiger charge is -2.05. The van der Waals surface area contributed by atoms with Crippen LogP contribution in [0.25, 0.3) is 11.1 Å². The molecule has 1 nitrogen and oxygen atoms in total. The van der Waals surface area contributed by atoms with Gasteiger partial charge in [-0.25, -0.2) is 0 Å². The topological polar surface area (TPSA) is 9.23 Å². The van der Waals surface area contributed by atoms with Crippen LogP contribution in [0.2, 0.25) is 0 Å². The summed E-state index contributed by atoms with van der Waals surface area (Å²) in [6, 6.07) is 17.3. The van der Waals surface area contributed by atoms with Gasteiger partial charge in [-0.15, -0.1) is 0 Å². The number of aryl methyl sites for hydroxylation is 1. The molecule has 0 unspecified atom stereocenters. The summed E-state index contributed by atoms with van der Waals surface area (Å²) in [7, 11) is 1.72. The van der Waals surface area contributed by atoms with E-state index in [0.29, 0.717) is 6.61 Å². The Morgan fingerprint density at radius 1 is 0.765 bits per heavy atom. The van der Waals surface area contributed by atoms with Gasteiger partial charge in [0.25, 0.3) is 0 Å². The van der Waals surface area contributed by atoms with Gasteiger partial charge in [0.15, 0.2) is 0 Å². The highest BCUT2D eigenvalue weighted by molar-refractivity contribution is 5.63. The minimum Gasteiger partial charge on any atom is -0.380 e. The fourth-order valence-corrected chi connectivity index (χ4v) is 1.89. The van der Waals surface area contributed by atoms with Crippen LogP contribution in [0.5, 0.6) is 0 Å². The highest BCUT2D eigenvalue weighted by Gasteiger charge is 1.98. The molecule has 0 saturated heterocycles. The molecule has 0 aliphatic heterocycles. The van der Waals surface area contributed by atoms with Gasteiger partial charge in [-0.3, -0.25) is 0 Å². The van der Waals surface area contributed by atoms with Crippen LogP contribution in [0.4, 0.5) is 0 Å². The summed E-state index contributed by atoms with van der Waals surface area (Å²) in [6.07, 6.45) is 1.09. The Kier molecular flexibility index (Phi) is 3.94. The van der Waals surface area contributed by atoms with Crippen LogP contribution in [-0.4, -0.2) is 7.11 Å². The van der Waals surface area contributed by atoms with Crippen LogP contribution in [0.1, 0.15) is 18.1 Å². The van der Waals surface area contributed by atoms with Gasteiger partial charge in [0.05, 0.1) is 6.61 Å². The van der Waals surface area contributed by atoms with Gasteiger partial charge >= 0.3 is 0 Å². The minimum atomic E-state index is 0.676. The van der Waals surface area contributed by atoms with Crippen LogP contribution in [0.15, 0.2) is 48.5 Å². The molecule has 88 valence electrons. The number of benzene rings is 2. The molecule has 2 aromatic rings. The van der Waals surface area contributed by atoms with E-state index in [2.05, 4.69) is 55.5 Å². The predicted octanol–water partition coefficient (Wildman–Crippen LogP) is 4.06. The lowest BCUT2D eigenvalue weighted by Crippen LogP contribution is -1.87. The number of rotatable bonds is 4. The Hall–Kier alpha value is -1.60. The van der Waals surface area contributed by atoms with Gasteiger partial charge in [0, 0.05) is 7.11 Å². The number of ether oxygens (including phenoxy) is 1. The molecule has 0 fully saturated rings. The van der Waals surface area contributed by atoms with Crippen LogP contribution < -0.4 is 0 Å². The molecular formula is C16H18O. The Bertz CT molecular complexity index is 454. The third-order valence-electron chi connectivity index (χ3n) is 2.96. The van der Waals surface area contributed by atoms with E-state index in [0.717, 1.165) is 6.42 Å². The van der Waals surface area contributed by atoms with E-state index in [1.54, 1.807) is 7.11 Å². The van der Waals surface area contributed by atoms with E-state index in [9.17, 15) is 0 Å². The lowest BCUT2D eigenvalue weighted by molar-refractivity contribution is 0.185. The number of hydrogen-bond acceptors (Lipinski definition) is 1. The number of methoxy groups -OCH3 is 1. The summed E-state index contributed by atoms with van der Waals surface area (Å²) in [6.45, 7) is 2.85. The van der Waals surface area contributed by atoms with Crippen molar-refractivity contribution in [2.24, 2.45) is 0 Å². The Labute approximate surface area is 103 Å².